The Morgan fingerprint density at radius 2 is 2.12 bits per heavy atom. The van der Waals surface area contributed by atoms with E-state index in [4.69, 9.17) is 5.11 Å². The number of hydrogen-bond donors (Lipinski definition) is 2. The average molecular weight is 254 g/mol. The van der Waals surface area contributed by atoms with Crippen molar-refractivity contribution < 1.29 is 14.7 Å². The van der Waals surface area contributed by atoms with Crippen molar-refractivity contribution >= 4 is 28.3 Å². The number of carboxylic acids is 1. The Morgan fingerprint density at radius 1 is 1.47 bits per heavy atom. The number of aromatic nitrogens is 1. The molecule has 0 bridgehead atoms. The summed E-state index contributed by atoms with van der Waals surface area (Å²) in [6.45, 7) is 3.56. The molecule has 0 unspecified atom stereocenters. The van der Waals surface area contributed by atoms with Crippen molar-refractivity contribution in [3.05, 3.63) is 10.6 Å². The summed E-state index contributed by atoms with van der Waals surface area (Å²) in [5, 5.41) is 12.1. The molecule has 0 radical (unpaired) electrons. The molecule has 1 saturated carbocycles. The highest BCUT2D eigenvalue weighted by Gasteiger charge is 2.32. The van der Waals surface area contributed by atoms with Gasteiger partial charge in [-0.3, -0.25) is 4.79 Å². The molecule has 0 aliphatic heterocycles. The molecule has 0 spiro atoms. The molecule has 17 heavy (non-hydrogen) atoms. The zero-order valence-corrected chi connectivity index (χ0v) is 10.5. The summed E-state index contributed by atoms with van der Waals surface area (Å²) in [5.41, 5.74) is 0.626. The van der Waals surface area contributed by atoms with E-state index in [1.165, 1.54) is 0 Å². The first-order valence-electron chi connectivity index (χ1n) is 5.54. The topological polar surface area (TPSA) is 79.3 Å². The van der Waals surface area contributed by atoms with Crippen LogP contribution in [0.1, 0.15) is 48.0 Å². The minimum atomic E-state index is -0.963. The van der Waals surface area contributed by atoms with Gasteiger partial charge in [-0.1, -0.05) is 25.2 Å². The summed E-state index contributed by atoms with van der Waals surface area (Å²) in [6.07, 6.45) is 1.98. The van der Waals surface area contributed by atoms with E-state index in [0.717, 1.165) is 24.2 Å². The number of aromatic carboxylic acids is 1. The highest BCUT2D eigenvalue weighted by atomic mass is 32.1. The van der Waals surface area contributed by atoms with Crippen molar-refractivity contribution in [2.24, 2.45) is 5.92 Å². The van der Waals surface area contributed by atoms with Gasteiger partial charge in [0.25, 0.3) is 0 Å². The molecule has 5 nitrogen and oxygen atoms in total. The van der Waals surface area contributed by atoms with Crippen molar-refractivity contribution in [2.45, 2.75) is 32.6 Å². The zero-order chi connectivity index (χ0) is 12.6. The first-order valence-corrected chi connectivity index (χ1v) is 6.35. The van der Waals surface area contributed by atoms with Gasteiger partial charge in [0.15, 0.2) is 5.13 Å². The molecule has 2 rings (SSSR count). The van der Waals surface area contributed by atoms with Crippen LogP contribution in [-0.2, 0) is 4.79 Å². The fourth-order valence-electron chi connectivity index (χ4n) is 1.42. The largest absolute Gasteiger partial charge is 0.477 e. The lowest BCUT2D eigenvalue weighted by Gasteiger charge is -2.02. The van der Waals surface area contributed by atoms with Crippen LogP contribution in [0.15, 0.2) is 0 Å². The van der Waals surface area contributed by atoms with Crippen molar-refractivity contribution in [3.8, 4) is 0 Å². The molecule has 92 valence electrons. The van der Waals surface area contributed by atoms with Gasteiger partial charge in [-0.25, -0.2) is 9.78 Å². The van der Waals surface area contributed by atoms with Gasteiger partial charge in [0.2, 0.25) is 5.91 Å². The van der Waals surface area contributed by atoms with Crippen LogP contribution in [0.2, 0.25) is 0 Å². The third-order valence-corrected chi connectivity index (χ3v) is 3.54. The van der Waals surface area contributed by atoms with Crippen molar-refractivity contribution in [1.29, 1.82) is 0 Å². The van der Waals surface area contributed by atoms with Gasteiger partial charge in [-0.15, -0.1) is 0 Å². The minimum Gasteiger partial charge on any atom is -0.477 e. The Balaban J connectivity index is 2.21. The van der Waals surface area contributed by atoms with Crippen molar-refractivity contribution in [3.63, 3.8) is 0 Å². The van der Waals surface area contributed by atoms with Crippen LogP contribution in [0, 0.1) is 5.92 Å². The van der Waals surface area contributed by atoms with Crippen molar-refractivity contribution in [2.75, 3.05) is 5.32 Å². The van der Waals surface area contributed by atoms with Gasteiger partial charge >= 0.3 is 5.97 Å². The highest BCUT2D eigenvalue weighted by Crippen LogP contribution is 2.43. The Morgan fingerprint density at radius 3 is 2.59 bits per heavy atom. The molecule has 1 aromatic heterocycles. The Labute approximate surface area is 103 Å². The van der Waals surface area contributed by atoms with Crippen LogP contribution >= 0.6 is 11.3 Å². The van der Waals surface area contributed by atoms with Gasteiger partial charge in [-0.2, -0.15) is 0 Å². The molecule has 1 heterocycles. The number of carboxylic acid groups (broad SMARTS) is 1. The fraction of sp³-hybridized carbons (Fsp3) is 0.545. The second kappa shape index (κ2) is 4.44. The molecule has 1 amide bonds. The number of hydrogen-bond acceptors (Lipinski definition) is 4. The van der Waals surface area contributed by atoms with E-state index in [1.54, 1.807) is 13.8 Å². The van der Waals surface area contributed by atoms with Crippen molar-refractivity contribution in [1.82, 2.24) is 4.98 Å². The summed E-state index contributed by atoms with van der Waals surface area (Å²) in [4.78, 5) is 27.0. The van der Waals surface area contributed by atoms with E-state index < -0.39 is 5.97 Å². The van der Waals surface area contributed by atoms with Gasteiger partial charge in [0.1, 0.15) is 4.88 Å². The van der Waals surface area contributed by atoms with E-state index in [1.807, 2.05) is 0 Å². The van der Waals surface area contributed by atoms with Crippen LogP contribution in [-0.4, -0.2) is 22.0 Å². The monoisotopic (exact) mass is 254 g/mol. The Bertz CT molecular complexity index is 463. The number of amides is 1. The number of anilines is 1. The highest BCUT2D eigenvalue weighted by molar-refractivity contribution is 7.17. The summed E-state index contributed by atoms with van der Waals surface area (Å²) in [5.74, 6) is -0.980. The first kappa shape index (κ1) is 12.0. The van der Waals surface area contributed by atoms with Gasteiger partial charge in [0, 0.05) is 11.8 Å². The quantitative estimate of drug-likeness (QED) is 0.864. The summed E-state index contributed by atoms with van der Waals surface area (Å²) >= 11 is 1.04. The lowest BCUT2D eigenvalue weighted by atomic mass is 10.2. The maximum absolute atomic E-state index is 11.5. The molecular weight excluding hydrogens is 240 g/mol. The lowest BCUT2D eigenvalue weighted by molar-refractivity contribution is -0.118. The van der Waals surface area contributed by atoms with Crippen LogP contribution in [0.3, 0.4) is 0 Å². The number of thiazole rings is 1. The first-order chi connectivity index (χ1) is 7.99. The second-order valence-electron chi connectivity index (χ2n) is 4.46. The van der Waals surface area contributed by atoms with E-state index in [9.17, 15) is 9.59 Å². The standard InChI is InChI=1S/C11H14N2O3S/c1-5(2)9(14)13-11-12-7(6-3-4-6)8(17-11)10(15)16/h5-6H,3-4H2,1-2H3,(H,15,16)(H,12,13,14). The number of nitrogens with one attached hydrogen (secondary N) is 1. The average Bonchev–Trinajstić information content (AvgIpc) is 3.00. The van der Waals surface area contributed by atoms with E-state index in [2.05, 4.69) is 10.3 Å². The molecule has 1 aliphatic carbocycles. The lowest BCUT2D eigenvalue weighted by Crippen LogP contribution is -2.17. The summed E-state index contributed by atoms with van der Waals surface area (Å²) < 4.78 is 0. The Hall–Kier alpha value is -1.43. The van der Waals surface area contributed by atoms with E-state index in [-0.39, 0.29) is 22.6 Å². The molecular formula is C11H14N2O3S. The summed E-state index contributed by atoms with van der Waals surface area (Å²) in [7, 11) is 0. The molecule has 0 aromatic carbocycles. The molecule has 0 saturated heterocycles. The zero-order valence-electron chi connectivity index (χ0n) is 9.69. The molecule has 6 heteroatoms. The fourth-order valence-corrected chi connectivity index (χ4v) is 2.31. The SMILES string of the molecule is CC(C)C(=O)Nc1nc(C2CC2)c(C(=O)O)s1. The van der Waals surface area contributed by atoms with E-state index in [0.29, 0.717) is 10.8 Å². The number of carbonyl (C=O) groups is 2. The van der Waals surface area contributed by atoms with Gasteiger partial charge < -0.3 is 10.4 Å². The minimum absolute atomic E-state index is 0.141. The van der Waals surface area contributed by atoms with Gasteiger partial charge in [-0.05, 0) is 12.8 Å². The second-order valence-corrected chi connectivity index (χ2v) is 5.46. The van der Waals surface area contributed by atoms with Gasteiger partial charge in [0.05, 0.1) is 5.69 Å². The summed E-state index contributed by atoms with van der Waals surface area (Å²) in [6, 6.07) is 0. The van der Waals surface area contributed by atoms with Crippen LogP contribution in [0.25, 0.3) is 0 Å². The predicted molar refractivity (Wildman–Crippen MR) is 64.5 cm³/mol. The number of carbonyl (C=O) groups excluding carboxylic acids is 1. The maximum Gasteiger partial charge on any atom is 0.347 e. The van der Waals surface area contributed by atoms with Crippen LogP contribution < -0.4 is 5.32 Å². The normalized spacial score (nSPS) is 15.0. The van der Waals surface area contributed by atoms with E-state index >= 15 is 0 Å². The number of nitrogens with zero attached hydrogens (tertiary/aromatic N) is 1. The molecule has 2 N–H and O–H groups in total. The third-order valence-electron chi connectivity index (χ3n) is 2.57. The van der Waals surface area contributed by atoms with Crippen LogP contribution in [0.4, 0.5) is 5.13 Å². The molecule has 0 atom stereocenters. The maximum atomic E-state index is 11.5. The molecule has 1 fully saturated rings. The molecule has 1 aromatic rings. The van der Waals surface area contributed by atoms with Crippen LogP contribution in [0.5, 0.6) is 0 Å². The predicted octanol–water partition coefficient (Wildman–Crippen LogP) is 2.31. The molecule has 1 aliphatic rings. The third kappa shape index (κ3) is 2.63. The Kier molecular flexibility index (Phi) is 3.15. The number of rotatable bonds is 4. The smallest absolute Gasteiger partial charge is 0.347 e.